The van der Waals surface area contributed by atoms with E-state index in [0.717, 1.165) is 16.7 Å². The number of hydrogen-bond acceptors (Lipinski definition) is 1. The van der Waals surface area contributed by atoms with Gasteiger partial charge in [0.1, 0.15) is 0 Å². The van der Waals surface area contributed by atoms with E-state index in [9.17, 15) is 0 Å². The smallest absolute Gasteiger partial charge is 0.0355 e. The molecule has 1 N–H and O–H groups in total. The highest BCUT2D eigenvalue weighted by Crippen LogP contribution is 2.13. The molecule has 0 bridgehead atoms. The SMILES string of the molecule is C=C(C)c1cccc(C(C)=N)c1. The van der Waals surface area contributed by atoms with E-state index in [1.54, 1.807) is 6.92 Å². The summed E-state index contributed by atoms with van der Waals surface area (Å²) >= 11 is 0. The molecule has 0 saturated carbocycles. The summed E-state index contributed by atoms with van der Waals surface area (Å²) in [6, 6.07) is 7.89. The molecule has 0 aliphatic rings. The highest BCUT2D eigenvalue weighted by Gasteiger charge is 1.97. The highest BCUT2D eigenvalue weighted by molar-refractivity contribution is 5.96. The van der Waals surface area contributed by atoms with E-state index in [-0.39, 0.29) is 0 Å². The summed E-state index contributed by atoms with van der Waals surface area (Å²) in [6.45, 7) is 7.62. The minimum atomic E-state index is 0.595. The second kappa shape index (κ2) is 3.35. The largest absolute Gasteiger partial charge is 0.305 e. The van der Waals surface area contributed by atoms with Gasteiger partial charge < -0.3 is 5.41 Å². The van der Waals surface area contributed by atoms with E-state index in [4.69, 9.17) is 5.41 Å². The van der Waals surface area contributed by atoms with Gasteiger partial charge >= 0.3 is 0 Å². The predicted octanol–water partition coefficient (Wildman–Crippen LogP) is 3.11. The van der Waals surface area contributed by atoms with Gasteiger partial charge in [0.15, 0.2) is 0 Å². The van der Waals surface area contributed by atoms with Crippen LogP contribution in [0.4, 0.5) is 0 Å². The lowest BCUT2D eigenvalue weighted by Crippen LogP contribution is -1.92. The summed E-state index contributed by atoms with van der Waals surface area (Å²) in [7, 11) is 0. The molecule has 0 fully saturated rings. The van der Waals surface area contributed by atoms with E-state index in [0.29, 0.717) is 5.71 Å². The number of allylic oxidation sites excluding steroid dienone is 1. The zero-order chi connectivity index (χ0) is 9.14. The molecule has 62 valence electrons. The van der Waals surface area contributed by atoms with Gasteiger partial charge in [-0.1, -0.05) is 30.4 Å². The van der Waals surface area contributed by atoms with Gasteiger partial charge in [0.25, 0.3) is 0 Å². The molecule has 0 spiro atoms. The second-order valence-corrected chi connectivity index (χ2v) is 2.99. The Morgan fingerprint density at radius 3 is 2.33 bits per heavy atom. The van der Waals surface area contributed by atoms with Gasteiger partial charge in [-0.2, -0.15) is 0 Å². The summed E-state index contributed by atoms with van der Waals surface area (Å²) in [6.07, 6.45) is 0. The summed E-state index contributed by atoms with van der Waals surface area (Å²) in [5.41, 5.74) is 3.71. The van der Waals surface area contributed by atoms with Crippen LogP contribution in [0.2, 0.25) is 0 Å². The molecule has 0 atom stereocenters. The predicted molar refractivity (Wildman–Crippen MR) is 53.7 cm³/mol. The minimum absolute atomic E-state index is 0.595. The maximum Gasteiger partial charge on any atom is 0.0355 e. The van der Waals surface area contributed by atoms with Crippen molar-refractivity contribution in [3.05, 3.63) is 42.0 Å². The Hall–Kier alpha value is -1.37. The Balaban J connectivity index is 3.12. The fraction of sp³-hybridized carbons (Fsp3) is 0.182. The fourth-order valence-electron chi connectivity index (χ4n) is 1.02. The van der Waals surface area contributed by atoms with Gasteiger partial charge in [0, 0.05) is 5.71 Å². The Labute approximate surface area is 73.3 Å². The van der Waals surface area contributed by atoms with Crippen LogP contribution in [0.1, 0.15) is 25.0 Å². The average molecular weight is 159 g/mol. The van der Waals surface area contributed by atoms with Crippen molar-refractivity contribution in [3.63, 3.8) is 0 Å². The zero-order valence-electron chi connectivity index (χ0n) is 7.52. The van der Waals surface area contributed by atoms with E-state index in [1.807, 2.05) is 31.2 Å². The first-order valence-corrected chi connectivity index (χ1v) is 3.92. The first-order valence-electron chi connectivity index (χ1n) is 3.92. The molecule has 0 aromatic heterocycles. The van der Waals surface area contributed by atoms with Crippen molar-refractivity contribution in [3.8, 4) is 0 Å². The van der Waals surface area contributed by atoms with Gasteiger partial charge in [-0.25, -0.2) is 0 Å². The summed E-state index contributed by atoms with van der Waals surface area (Å²) in [4.78, 5) is 0. The van der Waals surface area contributed by atoms with Gasteiger partial charge in [-0.15, -0.1) is 0 Å². The second-order valence-electron chi connectivity index (χ2n) is 2.99. The first kappa shape index (κ1) is 8.72. The molecule has 0 aliphatic carbocycles. The molecule has 0 saturated heterocycles. The van der Waals surface area contributed by atoms with Crippen LogP contribution in [0.5, 0.6) is 0 Å². The highest BCUT2D eigenvalue weighted by atomic mass is 14.4. The van der Waals surface area contributed by atoms with Crippen LogP contribution in [-0.2, 0) is 0 Å². The fourth-order valence-corrected chi connectivity index (χ4v) is 1.02. The van der Waals surface area contributed by atoms with Crippen molar-refractivity contribution in [2.45, 2.75) is 13.8 Å². The molecular formula is C11H13N. The molecule has 1 rings (SSSR count). The average Bonchev–Trinajstić information content (AvgIpc) is 2.04. The Morgan fingerprint density at radius 2 is 1.83 bits per heavy atom. The van der Waals surface area contributed by atoms with E-state index < -0.39 is 0 Å². The molecule has 0 heterocycles. The van der Waals surface area contributed by atoms with Crippen LogP contribution < -0.4 is 0 Å². The maximum atomic E-state index is 7.44. The molecular weight excluding hydrogens is 146 g/mol. The third kappa shape index (κ3) is 1.82. The third-order valence-electron chi connectivity index (χ3n) is 1.79. The number of nitrogens with one attached hydrogen (secondary N) is 1. The number of rotatable bonds is 2. The molecule has 1 heteroatoms. The van der Waals surface area contributed by atoms with Gasteiger partial charge in [-0.3, -0.25) is 0 Å². The maximum absolute atomic E-state index is 7.44. The van der Waals surface area contributed by atoms with Gasteiger partial charge in [0.05, 0.1) is 0 Å². The lowest BCUT2D eigenvalue weighted by atomic mass is 10.0. The molecule has 0 radical (unpaired) electrons. The monoisotopic (exact) mass is 159 g/mol. The molecule has 1 aromatic carbocycles. The lowest BCUT2D eigenvalue weighted by molar-refractivity contribution is 1.44. The Bertz CT molecular complexity index is 294. The van der Waals surface area contributed by atoms with Crippen LogP contribution in [0.15, 0.2) is 30.8 Å². The standard InChI is InChI=1S/C11H13N/c1-8(2)10-5-4-6-11(7-10)9(3)12/h4-7,12H,1H2,2-3H3. The minimum Gasteiger partial charge on any atom is -0.305 e. The van der Waals surface area contributed by atoms with Crippen molar-refractivity contribution in [1.82, 2.24) is 0 Å². The van der Waals surface area contributed by atoms with Crippen molar-refractivity contribution in [2.75, 3.05) is 0 Å². The topological polar surface area (TPSA) is 23.9 Å². The van der Waals surface area contributed by atoms with Crippen LogP contribution in [0.25, 0.3) is 5.57 Å². The summed E-state index contributed by atoms with van der Waals surface area (Å²) in [5, 5.41) is 7.44. The van der Waals surface area contributed by atoms with Crippen molar-refractivity contribution in [1.29, 1.82) is 5.41 Å². The van der Waals surface area contributed by atoms with Crippen LogP contribution in [0.3, 0.4) is 0 Å². The Morgan fingerprint density at radius 1 is 1.25 bits per heavy atom. The van der Waals surface area contributed by atoms with Crippen molar-refractivity contribution < 1.29 is 0 Å². The van der Waals surface area contributed by atoms with Crippen LogP contribution >= 0.6 is 0 Å². The first-order chi connectivity index (χ1) is 5.61. The molecule has 0 unspecified atom stereocenters. The Kier molecular flexibility index (Phi) is 2.44. The van der Waals surface area contributed by atoms with E-state index >= 15 is 0 Å². The van der Waals surface area contributed by atoms with Crippen LogP contribution in [-0.4, -0.2) is 5.71 Å². The molecule has 0 aliphatic heterocycles. The normalized spacial score (nSPS) is 9.50. The van der Waals surface area contributed by atoms with E-state index in [2.05, 4.69) is 6.58 Å². The molecule has 0 amide bonds. The lowest BCUT2D eigenvalue weighted by Gasteiger charge is -2.02. The van der Waals surface area contributed by atoms with Gasteiger partial charge in [0.2, 0.25) is 0 Å². The third-order valence-corrected chi connectivity index (χ3v) is 1.79. The number of hydrogen-bond donors (Lipinski definition) is 1. The van der Waals surface area contributed by atoms with Crippen molar-refractivity contribution >= 4 is 11.3 Å². The van der Waals surface area contributed by atoms with Gasteiger partial charge in [-0.05, 0) is 31.0 Å². The zero-order valence-corrected chi connectivity index (χ0v) is 7.52. The van der Waals surface area contributed by atoms with Crippen molar-refractivity contribution in [2.24, 2.45) is 0 Å². The number of benzene rings is 1. The molecule has 12 heavy (non-hydrogen) atoms. The summed E-state index contributed by atoms with van der Waals surface area (Å²) in [5.74, 6) is 0. The quantitative estimate of drug-likeness (QED) is 0.641. The summed E-state index contributed by atoms with van der Waals surface area (Å²) < 4.78 is 0. The van der Waals surface area contributed by atoms with E-state index in [1.165, 1.54) is 0 Å². The van der Waals surface area contributed by atoms with Crippen LogP contribution in [0, 0.1) is 5.41 Å². The molecule has 1 nitrogen and oxygen atoms in total. The molecule has 1 aromatic rings.